The molecule has 2 saturated heterocycles. The maximum atomic E-state index is 10.5. The molecule has 4 nitrogen and oxygen atoms in total. The molecule has 1 aromatic rings. The van der Waals surface area contributed by atoms with E-state index < -0.39 is 0 Å². The highest BCUT2D eigenvalue weighted by Gasteiger charge is 2.41. The first-order valence-electron chi connectivity index (χ1n) is 9.76. The Hall–Kier alpha value is -0.970. The van der Waals surface area contributed by atoms with Crippen LogP contribution in [0.25, 0.3) is 0 Å². The molecular weight excluding hydrogens is 298 g/mol. The molecule has 0 bridgehead atoms. The molecule has 0 unspecified atom stereocenters. The Morgan fingerprint density at radius 3 is 2.50 bits per heavy atom. The van der Waals surface area contributed by atoms with Crippen LogP contribution in [0.5, 0.6) is 0 Å². The van der Waals surface area contributed by atoms with Gasteiger partial charge in [-0.15, -0.1) is 0 Å². The van der Waals surface area contributed by atoms with E-state index in [-0.39, 0.29) is 6.10 Å². The van der Waals surface area contributed by atoms with Crippen LogP contribution in [-0.2, 0) is 6.42 Å². The van der Waals surface area contributed by atoms with Gasteiger partial charge in [-0.3, -0.25) is 9.88 Å². The number of aliphatic hydroxyl groups is 1. The summed E-state index contributed by atoms with van der Waals surface area (Å²) >= 11 is 0. The molecule has 4 rings (SSSR count). The molecular formula is C20H31N3O. The third-order valence-electron chi connectivity index (χ3n) is 6.88. The van der Waals surface area contributed by atoms with Crippen LogP contribution in [0.4, 0.5) is 0 Å². The Labute approximate surface area is 145 Å². The second-order valence-electron chi connectivity index (χ2n) is 8.32. The van der Waals surface area contributed by atoms with Gasteiger partial charge < -0.3 is 10.4 Å². The van der Waals surface area contributed by atoms with Crippen molar-refractivity contribution in [2.24, 2.45) is 11.3 Å². The van der Waals surface area contributed by atoms with Crippen LogP contribution in [-0.4, -0.2) is 53.3 Å². The molecule has 1 aromatic heterocycles. The predicted octanol–water partition coefficient (Wildman–Crippen LogP) is 2.23. The van der Waals surface area contributed by atoms with Gasteiger partial charge in [-0.1, -0.05) is 0 Å². The molecule has 2 aliphatic heterocycles. The number of likely N-dealkylation sites (tertiary alicyclic amines) is 1. The Kier molecular flexibility index (Phi) is 4.88. The maximum Gasteiger partial charge on any atom is 0.0710 e. The van der Waals surface area contributed by atoms with Crippen LogP contribution < -0.4 is 5.32 Å². The highest BCUT2D eigenvalue weighted by Crippen LogP contribution is 2.44. The smallest absolute Gasteiger partial charge is 0.0710 e. The third-order valence-corrected chi connectivity index (χ3v) is 6.88. The van der Waals surface area contributed by atoms with Crippen molar-refractivity contribution in [1.82, 2.24) is 15.2 Å². The fourth-order valence-electron chi connectivity index (χ4n) is 5.24. The second-order valence-corrected chi connectivity index (χ2v) is 8.32. The zero-order chi connectivity index (χ0) is 16.4. The van der Waals surface area contributed by atoms with Gasteiger partial charge >= 0.3 is 0 Å². The van der Waals surface area contributed by atoms with Gasteiger partial charge in [0.25, 0.3) is 0 Å². The molecule has 0 radical (unpaired) electrons. The molecule has 1 saturated carbocycles. The van der Waals surface area contributed by atoms with Crippen molar-refractivity contribution in [1.29, 1.82) is 0 Å². The number of hydrogen-bond donors (Lipinski definition) is 2. The Morgan fingerprint density at radius 2 is 1.79 bits per heavy atom. The van der Waals surface area contributed by atoms with E-state index in [2.05, 4.69) is 27.3 Å². The van der Waals surface area contributed by atoms with Crippen LogP contribution in [0.3, 0.4) is 0 Å². The average Bonchev–Trinajstić information content (AvgIpc) is 2.98. The van der Waals surface area contributed by atoms with Gasteiger partial charge in [-0.05, 0) is 81.1 Å². The zero-order valence-corrected chi connectivity index (χ0v) is 14.7. The number of hydrogen-bond acceptors (Lipinski definition) is 4. The van der Waals surface area contributed by atoms with Gasteiger partial charge in [-0.2, -0.15) is 0 Å². The SMILES string of the molecule is O[C@H]1CN(C2CCC3(CCNCC3)CC2)C[C@H]1Cc1ccncc1. The van der Waals surface area contributed by atoms with Crippen molar-refractivity contribution in [3.63, 3.8) is 0 Å². The minimum Gasteiger partial charge on any atom is -0.391 e. The van der Waals surface area contributed by atoms with Gasteiger partial charge in [-0.25, -0.2) is 0 Å². The monoisotopic (exact) mass is 329 g/mol. The summed E-state index contributed by atoms with van der Waals surface area (Å²) in [4.78, 5) is 6.68. The molecule has 3 aliphatic rings. The van der Waals surface area contributed by atoms with Crippen molar-refractivity contribution < 1.29 is 5.11 Å². The minimum atomic E-state index is -0.173. The topological polar surface area (TPSA) is 48.4 Å². The predicted molar refractivity (Wildman–Crippen MR) is 95.8 cm³/mol. The maximum absolute atomic E-state index is 10.5. The van der Waals surface area contributed by atoms with E-state index in [1.165, 1.54) is 57.2 Å². The van der Waals surface area contributed by atoms with Crippen LogP contribution in [0.1, 0.15) is 44.1 Å². The lowest BCUT2D eigenvalue weighted by molar-refractivity contribution is 0.0688. The highest BCUT2D eigenvalue weighted by atomic mass is 16.3. The summed E-state index contributed by atoms with van der Waals surface area (Å²) in [5.41, 5.74) is 1.93. The van der Waals surface area contributed by atoms with E-state index in [4.69, 9.17) is 0 Å². The number of rotatable bonds is 3. The lowest BCUT2D eigenvalue weighted by Gasteiger charge is -2.45. The van der Waals surface area contributed by atoms with Crippen LogP contribution >= 0.6 is 0 Å². The van der Waals surface area contributed by atoms with Gasteiger partial charge in [0.15, 0.2) is 0 Å². The first-order valence-corrected chi connectivity index (χ1v) is 9.76. The minimum absolute atomic E-state index is 0.173. The molecule has 3 fully saturated rings. The number of aromatic nitrogens is 1. The average molecular weight is 329 g/mol. The van der Waals surface area contributed by atoms with Gasteiger partial charge in [0.05, 0.1) is 6.10 Å². The van der Waals surface area contributed by atoms with E-state index in [0.29, 0.717) is 17.4 Å². The van der Waals surface area contributed by atoms with Crippen LogP contribution in [0, 0.1) is 11.3 Å². The summed E-state index contributed by atoms with van der Waals surface area (Å²) in [6, 6.07) is 4.86. The fourth-order valence-corrected chi connectivity index (χ4v) is 5.24. The van der Waals surface area contributed by atoms with E-state index in [1.54, 1.807) is 0 Å². The molecule has 0 aromatic carbocycles. The summed E-state index contributed by atoms with van der Waals surface area (Å²) in [7, 11) is 0. The lowest BCUT2D eigenvalue weighted by atomic mass is 9.67. The van der Waals surface area contributed by atoms with E-state index >= 15 is 0 Å². The normalized spacial score (nSPS) is 31.5. The standard InChI is InChI=1S/C20H31N3O/c24-19-15-23(14-17(19)13-16-3-9-21-10-4-16)18-1-5-20(6-2-18)7-11-22-12-8-20/h3-4,9-10,17-19,22,24H,1-2,5-8,11-15H2/t17-,19+/m1/s1. The molecule has 24 heavy (non-hydrogen) atoms. The van der Waals surface area contributed by atoms with Crippen molar-refractivity contribution in [2.75, 3.05) is 26.2 Å². The molecule has 1 spiro atoms. The summed E-state index contributed by atoms with van der Waals surface area (Å²) in [6.45, 7) is 4.35. The van der Waals surface area contributed by atoms with Crippen molar-refractivity contribution in [2.45, 2.75) is 57.1 Å². The molecule has 3 heterocycles. The highest BCUT2D eigenvalue weighted by molar-refractivity contribution is 5.12. The molecule has 0 amide bonds. The first kappa shape index (κ1) is 16.5. The van der Waals surface area contributed by atoms with Crippen molar-refractivity contribution in [3.8, 4) is 0 Å². The van der Waals surface area contributed by atoms with E-state index in [1.807, 2.05) is 12.4 Å². The van der Waals surface area contributed by atoms with Gasteiger partial charge in [0.1, 0.15) is 0 Å². The quantitative estimate of drug-likeness (QED) is 0.893. The van der Waals surface area contributed by atoms with Crippen molar-refractivity contribution in [3.05, 3.63) is 30.1 Å². The van der Waals surface area contributed by atoms with Crippen LogP contribution in [0.15, 0.2) is 24.5 Å². The number of pyridine rings is 1. The summed E-state index contributed by atoms with van der Waals surface area (Å²) < 4.78 is 0. The summed E-state index contributed by atoms with van der Waals surface area (Å²) in [5.74, 6) is 0.377. The Balaban J connectivity index is 1.31. The van der Waals surface area contributed by atoms with Gasteiger partial charge in [0, 0.05) is 37.4 Å². The zero-order valence-electron chi connectivity index (χ0n) is 14.7. The lowest BCUT2D eigenvalue weighted by Crippen LogP contribution is -2.44. The fraction of sp³-hybridized carbons (Fsp3) is 0.750. The molecule has 132 valence electrons. The third kappa shape index (κ3) is 3.51. The number of aliphatic hydroxyl groups excluding tert-OH is 1. The molecule has 1 aliphatic carbocycles. The Morgan fingerprint density at radius 1 is 1.08 bits per heavy atom. The number of β-amino-alcohol motifs (C(OH)–C–C–N with tert-alkyl or cyclic N) is 1. The summed E-state index contributed by atoms with van der Waals surface area (Å²) in [5, 5.41) is 14.0. The second kappa shape index (κ2) is 7.11. The van der Waals surface area contributed by atoms with Crippen LogP contribution in [0.2, 0.25) is 0 Å². The number of nitrogens with zero attached hydrogens (tertiary/aromatic N) is 2. The first-order chi connectivity index (χ1) is 11.7. The van der Waals surface area contributed by atoms with Gasteiger partial charge in [0.2, 0.25) is 0 Å². The Bertz CT molecular complexity index is 519. The molecule has 4 heteroatoms. The molecule has 2 N–H and O–H groups in total. The van der Waals surface area contributed by atoms with E-state index in [0.717, 1.165) is 19.5 Å². The van der Waals surface area contributed by atoms with Crippen molar-refractivity contribution >= 4 is 0 Å². The van der Waals surface area contributed by atoms with E-state index in [9.17, 15) is 5.11 Å². The summed E-state index contributed by atoms with van der Waals surface area (Å²) in [6.07, 6.45) is 12.7. The molecule has 2 atom stereocenters. The number of nitrogens with one attached hydrogen (secondary N) is 1. The largest absolute Gasteiger partial charge is 0.391 e. The number of piperidine rings is 1.